The number of benzene rings is 1. The zero-order valence-corrected chi connectivity index (χ0v) is 11.3. The number of aromatic nitrogens is 1. The summed E-state index contributed by atoms with van der Waals surface area (Å²) in [6.45, 7) is 0. The van der Waals surface area contributed by atoms with Crippen molar-refractivity contribution in [1.29, 1.82) is 0 Å². The number of carbonyl (C=O) groups is 1. The molecule has 0 aliphatic rings. The fourth-order valence-electron chi connectivity index (χ4n) is 1.80. The second-order valence-electron chi connectivity index (χ2n) is 4.20. The Morgan fingerprint density at radius 3 is 2.40 bits per heavy atom. The SMILES string of the molecule is COC(=O)c1ccc(Cc2ccc(OC)cc2)c(O)n1. The van der Waals surface area contributed by atoms with Gasteiger partial charge >= 0.3 is 5.97 Å². The average molecular weight is 273 g/mol. The number of methoxy groups -OCH3 is 2. The summed E-state index contributed by atoms with van der Waals surface area (Å²) < 4.78 is 9.63. The van der Waals surface area contributed by atoms with Crippen molar-refractivity contribution in [3.8, 4) is 11.6 Å². The van der Waals surface area contributed by atoms with Crippen LogP contribution >= 0.6 is 0 Å². The minimum absolute atomic E-state index is 0.0866. The van der Waals surface area contributed by atoms with E-state index in [1.165, 1.54) is 13.2 Å². The minimum atomic E-state index is -0.573. The van der Waals surface area contributed by atoms with E-state index in [2.05, 4.69) is 9.72 Å². The first-order valence-corrected chi connectivity index (χ1v) is 6.04. The van der Waals surface area contributed by atoms with Crippen LogP contribution in [0.25, 0.3) is 0 Å². The maximum Gasteiger partial charge on any atom is 0.356 e. The Bertz CT molecular complexity index is 608. The molecule has 1 aromatic carbocycles. The van der Waals surface area contributed by atoms with Gasteiger partial charge in [0.15, 0.2) is 5.69 Å². The number of rotatable bonds is 4. The van der Waals surface area contributed by atoms with Crippen molar-refractivity contribution in [3.05, 3.63) is 53.2 Å². The molecule has 20 heavy (non-hydrogen) atoms. The number of pyridine rings is 1. The molecule has 2 rings (SSSR count). The standard InChI is InChI=1S/C15H15NO4/c1-19-12-6-3-10(4-7-12)9-11-5-8-13(15(18)20-2)16-14(11)17/h3-8H,9H2,1-2H3,(H,16,17). The monoisotopic (exact) mass is 273 g/mol. The summed E-state index contributed by atoms with van der Waals surface area (Å²) >= 11 is 0. The topological polar surface area (TPSA) is 68.7 Å². The lowest BCUT2D eigenvalue weighted by atomic mass is 10.1. The fraction of sp³-hybridized carbons (Fsp3) is 0.200. The van der Waals surface area contributed by atoms with Gasteiger partial charge in [0.2, 0.25) is 5.88 Å². The average Bonchev–Trinajstić information content (AvgIpc) is 2.49. The van der Waals surface area contributed by atoms with Crippen molar-refractivity contribution in [1.82, 2.24) is 4.98 Å². The van der Waals surface area contributed by atoms with Gasteiger partial charge in [-0.05, 0) is 23.8 Å². The van der Waals surface area contributed by atoms with Crippen LogP contribution in [0.2, 0.25) is 0 Å². The van der Waals surface area contributed by atoms with Crippen molar-refractivity contribution in [2.75, 3.05) is 14.2 Å². The lowest BCUT2D eigenvalue weighted by Crippen LogP contribution is -2.04. The predicted octanol–water partition coefficient (Wildman–Crippen LogP) is 2.17. The lowest BCUT2D eigenvalue weighted by Gasteiger charge is -2.06. The van der Waals surface area contributed by atoms with E-state index < -0.39 is 5.97 Å². The molecule has 0 amide bonds. The number of hydrogen-bond donors (Lipinski definition) is 1. The Labute approximate surface area is 116 Å². The molecule has 104 valence electrons. The van der Waals surface area contributed by atoms with E-state index in [4.69, 9.17) is 4.74 Å². The normalized spacial score (nSPS) is 10.1. The van der Waals surface area contributed by atoms with Crippen LogP contribution in [0, 0.1) is 0 Å². The van der Waals surface area contributed by atoms with E-state index in [1.54, 1.807) is 13.2 Å². The van der Waals surface area contributed by atoms with Gasteiger partial charge in [-0.15, -0.1) is 0 Å². The predicted molar refractivity (Wildman–Crippen MR) is 73.0 cm³/mol. The molecular formula is C15H15NO4. The maximum atomic E-state index is 11.3. The van der Waals surface area contributed by atoms with Gasteiger partial charge in [0.1, 0.15) is 5.75 Å². The molecule has 0 unspecified atom stereocenters. The summed E-state index contributed by atoms with van der Waals surface area (Å²) in [4.78, 5) is 15.1. The summed E-state index contributed by atoms with van der Waals surface area (Å²) in [7, 11) is 2.88. The molecule has 5 heteroatoms. The highest BCUT2D eigenvalue weighted by Crippen LogP contribution is 2.20. The third-order valence-corrected chi connectivity index (χ3v) is 2.90. The minimum Gasteiger partial charge on any atom is -0.497 e. The summed E-state index contributed by atoms with van der Waals surface area (Å²) in [5, 5.41) is 9.85. The lowest BCUT2D eigenvalue weighted by molar-refractivity contribution is 0.0593. The van der Waals surface area contributed by atoms with Crippen molar-refractivity contribution in [3.63, 3.8) is 0 Å². The summed E-state index contributed by atoms with van der Waals surface area (Å²) in [6.07, 6.45) is 0.518. The second-order valence-corrected chi connectivity index (χ2v) is 4.20. The van der Waals surface area contributed by atoms with Gasteiger partial charge in [0.05, 0.1) is 14.2 Å². The van der Waals surface area contributed by atoms with Crippen LogP contribution in [0.5, 0.6) is 11.6 Å². The number of esters is 1. The van der Waals surface area contributed by atoms with Crippen molar-refractivity contribution in [2.24, 2.45) is 0 Å². The molecule has 0 saturated heterocycles. The molecule has 5 nitrogen and oxygen atoms in total. The Hall–Kier alpha value is -2.56. The van der Waals surface area contributed by atoms with Crippen LogP contribution in [0.3, 0.4) is 0 Å². The number of carbonyl (C=O) groups excluding carboxylic acids is 1. The smallest absolute Gasteiger partial charge is 0.356 e. The van der Waals surface area contributed by atoms with Crippen molar-refractivity contribution >= 4 is 5.97 Å². The molecule has 1 heterocycles. The molecular weight excluding hydrogens is 258 g/mol. The Balaban J connectivity index is 2.18. The molecule has 0 atom stereocenters. The Kier molecular flexibility index (Phi) is 4.20. The summed E-state index contributed by atoms with van der Waals surface area (Å²) in [5.41, 5.74) is 1.74. The van der Waals surface area contributed by atoms with E-state index in [9.17, 15) is 9.90 Å². The molecule has 0 aliphatic heterocycles. The van der Waals surface area contributed by atoms with E-state index in [1.807, 2.05) is 24.3 Å². The Morgan fingerprint density at radius 2 is 1.85 bits per heavy atom. The van der Waals surface area contributed by atoms with Gasteiger partial charge in [-0.1, -0.05) is 18.2 Å². The highest BCUT2D eigenvalue weighted by molar-refractivity contribution is 5.87. The summed E-state index contributed by atoms with van der Waals surface area (Å²) in [5.74, 6) is 0.0390. The van der Waals surface area contributed by atoms with Crippen LogP contribution in [-0.4, -0.2) is 30.3 Å². The van der Waals surface area contributed by atoms with Gasteiger partial charge in [-0.3, -0.25) is 0 Å². The van der Waals surface area contributed by atoms with Crippen molar-refractivity contribution < 1.29 is 19.4 Å². The van der Waals surface area contributed by atoms with Gasteiger partial charge in [0.25, 0.3) is 0 Å². The molecule has 1 N–H and O–H groups in total. The number of ether oxygens (including phenoxy) is 2. The van der Waals surface area contributed by atoms with Crippen molar-refractivity contribution in [2.45, 2.75) is 6.42 Å². The first-order valence-electron chi connectivity index (χ1n) is 6.04. The molecule has 2 aromatic rings. The first-order chi connectivity index (χ1) is 9.63. The third kappa shape index (κ3) is 3.06. The molecule has 0 fully saturated rings. The van der Waals surface area contributed by atoms with E-state index in [0.29, 0.717) is 12.0 Å². The molecule has 0 aliphatic carbocycles. The Morgan fingerprint density at radius 1 is 1.15 bits per heavy atom. The third-order valence-electron chi connectivity index (χ3n) is 2.90. The van der Waals surface area contributed by atoms with E-state index in [0.717, 1.165) is 11.3 Å². The molecule has 0 bridgehead atoms. The van der Waals surface area contributed by atoms with Gasteiger partial charge < -0.3 is 14.6 Å². The number of nitrogens with zero attached hydrogens (tertiary/aromatic N) is 1. The number of hydrogen-bond acceptors (Lipinski definition) is 5. The van der Waals surface area contributed by atoms with Gasteiger partial charge in [-0.2, -0.15) is 0 Å². The molecule has 1 aromatic heterocycles. The highest BCUT2D eigenvalue weighted by atomic mass is 16.5. The zero-order chi connectivity index (χ0) is 14.5. The maximum absolute atomic E-state index is 11.3. The van der Waals surface area contributed by atoms with Crippen LogP contribution < -0.4 is 4.74 Å². The quantitative estimate of drug-likeness (QED) is 0.865. The van der Waals surface area contributed by atoms with Gasteiger partial charge in [-0.25, -0.2) is 9.78 Å². The van der Waals surface area contributed by atoms with Crippen LogP contribution in [0.4, 0.5) is 0 Å². The molecule has 0 saturated carbocycles. The largest absolute Gasteiger partial charge is 0.497 e. The highest BCUT2D eigenvalue weighted by Gasteiger charge is 2.11. The van der Waals surface area contributed by atoms with Crippen LogP contribution in [0.1, 0.15) is 21.6 Å². The van der Waals surface area contributed by atoms with Crippen LogP contribution in [0.15, 0.2) is 36.4 Å². The number of aromatic hydroxyl groups is 1. The fourth-order valence-corrected chi connectivity index (χ4v) is 1.80. The van der Waals surface area contributed by atoms with E-state index in [-0.39, 0.29) is 11.6 Å². The first kappa shape index (κ1) is 13.9. The molecule has 0 radical (unpaired) electrons. The second kappa shape index (κ2) is 6.06. The van der Waals surface area contributed by atoms with Crippen LogP contribution in [-0.2, 0) is 11.2 Å². The van der Waals surface area contributed by atoms with E-state index >= 15 is 0 Å². The summed E-state index contributed by atoms with van der Waals surface area (Å²) in [6, 6.07) is 10.7. The molecule has 0 spiro atoms. The zero-order valence-electron chi connectivity index (χ0n) is 11.3. The van der Waals surface area contributed by atoms with Gasteiger partial charge in [0, 0.05) is 12.0 Å².